The molecule has 0 radical (unpaired) electrons. The molecule has 2 heteroatoms. The first-order valence-electron chi connectivity index (χ1n) is 4.56. The smallest absolute Gasteiger partial charge is 0.0717 e. The van der Waals surface area contributed by atoms with Crippen LogP contribution in [0.4, 0.5) is 0 Å². The molecule has 2 rings (SSSR count). The van der Waals surface area contributed by atoms with Crippen LogP contribution in [-0.2, 0) is 5.41 Å². The van der Waals surface area contributed by atoms with Crippen LogP contribution < -0.4 is 0 Å². The Morgan fingerprint density at radius 1 is 1.23 bits per heavy atom. The molecule has 0 spiro atoms. The van der Waals surface area contributed by atoms with E-state index in [1.807, 2.05) is 0 Å². The van der Waals surface area contributed by atoms with Gasteiger partial charge in [-0.05, 0) is 18.4 Å². The van der Waals surface area contributed by atoms with Gasteiger partial charge in [0.25, 0.3) is 0 Å². The van der Waals surface area contributed by atoms with Crippen LogP contribution in [0.25, 0.3) is 0 Å². The monoisotopic (exact) mass is 302 g/mol. The highest BCUT2D eigenvalue weighted by molar-refractivity contribution is 9.25. The first kappa shape index (κ1) is 9.72. The predicted octanol–water partition coefficient (Wildman–Crippen LogP) is 4.22. The average molecular weight is 304 g/mol. The van der Waals surface area contributed by atoms with Gasteiger partial charge in [-0.3, -0.25) is 0 Å². The van der Waals surface area contributed by atoms with Gasteiger partial charge < -0.3 is 0 Å². The molecule has 0 N–H and O–H groups in total. The lowest BCUT2D eigenvalue weighted by molar-refractivity contribution is 0.663. The van der Waals surface area contributed by atoms with E-state index in [1.54, 1.807) is 0 Å². The summed E-state index contributed by atoms with van der Waals surface area (Å²) in [7, 11) is 0. The third kappa shape index (κ3) is 1.39. The van der Waals surface area contributed by atoms with E-state index in [1.165, 1.54) is 18.4 Å². The minimum Gasteiger partial charge on any atom is -0.0717 e. The lowest BCUT2D eigenvalue weighted by Crippen LogP contribution is -2.12. The summed E-state index contributed by atoms with van der Waals surface area (Å²) in [6.45, 7) is 2.25. The van der Waals surface area contributed by atoms with Crippen LogP contribution >= 0.6 is 31.9 Å². The summed E-state index contributed by atoms with van der Waals surface area (Å²) < 4.78 is 0.142. The number of halogens is 2. The maximum atomic E-state index is 3.72. The molecule has 70 valence electrons. The molecular formula is C11H12Br2. The fourth-order valence-electron chi connectivity index (χ4n) is 1.99. The van der Waals surface area contributed by atoms with Crippen LogP contribution in [0.5, 0.6) is 0 Å². The fraction of sp³-hybridized carbons (Fsp3) is 0.455. The second-order valence-electron chi connectivity index (χ2n) is 3.68. The van der Waals surface area contributed by atoms with E-state index in [4.69, 9.17) is 0 Å². The van der Waals surface area contributed by atoms with E-state index in [0.29, 0.717) is 5.41 Å². The molecule has 0 aromatic heterocycles. The minimum absolute atomic E-state index is 0.142. The normalized spacial score (nSPS) is 30.1. The summed E-state index contributed by atoms with van der Waals surface area (Å²) in [4.78, 5) is 0. The number of benzene rings is 1. The Morgan fingerprint density at radius 2 is 1.77 bits per heavy atom. The zero-order chi connectivity index (χ0) is 9.53. The Morgan fingerprint density at radius 3 is 2.15 bits per heavy atom. The van der Waals surface area contributed by atoms with Crippen molar-refractivity contribution in [2.45, 2.75) is 28.4 Å². The van der Waals surface area contributed by atoms with E-state index in [0.717, 1.165) is 0 Å². The van der Waals surface area contributed by atoms with E-state index >= 15 is 0 Å². The lowest BCUT2D eigenvalue weighted by Gasteiger charge is -2.16. The van der Waals surface area contributed by atoms with Gasteiger partial charge in [0.1, 0.15) is 0 Å². The Labute approximate surface area is 96.0 Å². The van der Waals surface area contributed by atoms with Gasteiger partial charge in [0, 0.05) is 5.41 Å². The Kier molecular flexibility index (Phi) is 2.31. The summed E-state index contributed by atoms with van der Waals surface area (Å²) in [5.74, 6) is 0. The van der Waals surface area contributed by atoms with Crippen molar-refractivity contribution in [1.29, 1.82) is 0 Å². The first-order valence-corrected chi connectivity index (χ1v) is 6.14. The zero-order valence-electron chi connectivity index (χ0n) is 7.56. The van der Waals surface area contributed by atoms with Gasteiger partial charge in [0.05, 0.1) is 3.23 Å². The molecule has 1 unspecified atom stereocenters. The summed E-state index contributed by atoms with van der Waals surface area (Å²) in [5.41, 5.74) is 1.75. The van der Waals surface area contributed by atoms with Gasteiger partial charge in [-0.15, -0.1) is 0 Å². The van der Waals surface area contributed by atoms with Crippen molar-refractivity contribution in [3.63, 3.8) is 0 Å². The van der Waals surface area contributed by atoms with Crippen molar-refractivity contribution in [2.24, 2.45) is 0 Å². The van der Waals surface area contributed by atoms with E-state index in [-0.39, 0.29) is 3.23 Å². The molecule has 0 heterocycles. The summed E-state index contributed by atoms with van der Waals surface area (Å²) in [5, 5.41) is 0. The molecule has 0 aliphatic heterocycles. The largest absolute Gasteiger partial charge is 0.0911 e. The lowest BCUT2D eigenvalue weighted by atomic mass is 9.93. The quantitative estimate of drug-likeness (QED) is 0.718. The maximum Gasteiger partial charge on any atom is 0.0911 e. The van der Waals surface area contributed by atoms with Crippen LogP contribution in [0, 0.1) is 0 Å². The molecule has 1 aromatic rings. The number of hydrogen-bond acceptors (Lipinski definition) is 0. The third-order valence-electron chi connectivity index (χ3n) is 3.03. The molecule has 13 heavy (non-hydrogen) atoms. The standard InChI is InChI=1S/C11H12Br2/c1-2-10(8-11(10,12)13)9-6-4-3-5-7-9/h3-7H,2,8H2,1H3. The second kappa shape index (κ2) is 3.09. The molecule has 1 aliphatic rings. The van der Waals surface area contributed by atoms with Crippen molar-refractivity contribution >= 4 is 31.9 Å². The van der Waals surface area contributed by atoms with Gasteiger partial charge in [-0.2, -0.15) is 0 Å². The molecule has 1 saturated carbocycles. The summed E-state index contributed by atoms with van der Waals surface area (Å²) in [6, 6.07) is 10.7. The Balaban J connectivity index is 2.37. The van der Waals surface area contributed by atoms with Crippen LogP contribution in [0.1, 0.15) is 25.3 Å². The van der Waals surface area contributed by atoms with Gasteiger partial charge in [0.2, 0.25) is 0 Å². The van der Waals surface area contributed by atoms with E-state index in [2.05, 4.69) is 69.1 Å². The molecule has 0 amide bonds. The molecule has 0 nitrogen and oxygen atoms in total. The fourth-order valence-corrected chi connectivity index (χ4v) is 3.97. The molecule has 1 fully saturated rings. The molecular weight excluding hydrogens is 292 g/mol. The molecule has 1 aliphatic carbocycles. The number of rotatable bonds is 2. The first-order chi connectivity index (χ1) is 6.12. The van der Waals surface area contributed by atoms with Crippen molar-refractivity contribution < 1.29 is 0 Å². The molecule has 1 aromatic carbocycles. The predicted molar refractivity (Wildman–Crippen MR) is 63.6 cm³/mol. The highest BCUT2D eigenvalue weighted by Gasteiger charge is 2.64. The second-order valence-corrected chi connectivity index (χ2v) is 7.45. The average Bonchev–Trinajstić information content (AvgIpc) is 2.72. The van der Waals surface area contributed by atoms with Crippen molar-refractivity contribution in [3.05, 3.63) is 35.9 Å². The molecule has 0 bridgehead atoms. The SMILES string of the molecule is CCC1(c2ccccc2)CC1(Br)Br. The van der Waals surface area contributed by atoms with Crippen LogP contribution in [-0.4, -0.2) is 3.23 Å². The van der Waals surface area contributed by atoms with Gasteiger partial charge in [0.15, 0.2) is 0 Å². The van der Waals surface area contributed by atoms with Gasteiger partial charge in [-0.1, -0.05) is 69.1 Å². The van der Waals surface area contributed by atoms with Crippen molar-refractivity contribution in [3.8, 4) is 0 Å². The number of hydrogen-bond donors (Lipinski definition) is 0. The van der Waals surface area contributed by atoms with Gasteiger partial charge in [-0.25, -0.2) is 0 Å². The minimum atomic E-state index is 0.142. The van der Waals surface area contributed by atoms with Crippen LogP contribution in [0.3, 0.4) is 0 Å². The topological polar surface area (TPSA) is 0 Å². The summed E-state index contributed by atoms with van der Waals surface area (Å²) in [6.07, 6.45) is 2.36. The van der Waals surface area contributed by atoms with E-state index in [9.17, 15) is 0 Å². The Bertz CT molecular complexity index is 305. The van der Waals surface area contributed by atoms with Crippen LogP contribution in [0.2, 0.25) is 0 Å². The number of alkyl halides is 2. The maximum absolute atomic E-state index is 3.72. The van der Waals surface area contributed by atoms with Gasteiger partial charge >= 0.3 is 0 Å². The highest BCUT2D eigenvalue weighted by atomic mass is 79.9. The molecule has 1 atom stereocenters. The summed E-state index contributed by atoms with van der Waals surface area (Å²) >= 11 is 7.45. The van der Waals surface area contributed by atoms with Crippen molar-refractivity contribution in [1.82, 2.24) is 0 Å². The van der Waals surface area contributed by atoms with E-state index < -0.39 is 0 Å². The zero-order valence-corrected chi connectivity index (χ0v) is 10.7. The Hall–Kier alpha value is 0.180. The van der Waals surface area contributed by atoms with Crippen molar-refractivity contribution in [2.75, 3.05) is 0 Å². The highest BCUT2D eigenvalue weighted by Crippen LogP contribution is 2.68. The van der Waals surface area contributed by atoms with Crippen LogP contribution in [0.15, 0.2) is 30.3 Å². The molecule has 0 saturated heterocycles. The third-order valence-corrected chi connectivity index (χ3v) is 5.11.